The highest BCUT2D eigenvalue weighted by Crippen LogP contribution is 2.21. The molecule has 2 rings (SSSR count). The van der Waals surface area contributed by atoms with E-state index in [4.69, 9.17) is 5.73 Å². The number of carbonyl (C=O) groups is 2. The van der Waals surface area contributed by atoms with Crippen LogP contribution in [0.3, 0.4) is 0 Å². The van der Waals surface area contributed by atoms with Gasteiger partial charge in [0.25, 0.3) is 5.91 Å². The van der Waals surface area contributed by atoms with Crippen LogP contribution in [0.25, 0.3) is 0 Å². The number of amides is 3. The average Bonchev–Trinajstić information content (AvgIpc) is 2.47. The highest BCUT2D eigenvalue weighted by atomic mass is 19.1. The van der Waals surface area contributed by atoms with Crippen LogP contribution >= 0.6 is 0 Å². The summed E-state index contributed by atoms with van der Waals surface area (Å²) in [6.07, 6.45) is 2.64. The Morgan fingerprint density at radius 1 is 1.43 bits per heavy atom. The number of rotatable bonds is 3. The molecule has 1 heterocycles. The van der Waals surface area contributed by atoms with Crippen molar-refractivity contribution in [1.29, 1.82) is 0 Å². The summed E-state index contributed by atoms with van der Waals surface area (Å²) < 4.78 is 13.9. The van der Waals surface area contributed by atoms with Crippen LogP contribution in [0.2, 0.25) is 0 Å². The van der Waals surface area contributed by atoms with E-state index in [0.717, 1.165) is 24.8 Å². The molecule has 21 heavy (non-hydrogen) atoms. The van der Waals surface area contributed by atoms with Gasteiger partial charge in [0.1, 0.15) is 5.82 Å². The highest BCUT2D eigenvalue weighted by molar-refractivity contribution is 5.95. The third kappa shape index (κ3) is 3.71. The van der Waals surface area contributed by atoms with E-state index in [-0.39, 0.29) is 17.5 Å². The molecule has 1 saturated heterocycles. The first kappa shape index (κ1) is 15.3. The number of carbonyl (C=O) groups excluding carboxylic acids is 2. The van der Waals surface area contributed by atoms with E-state index < -0.39 is 11.8 Å². The summed E-state index contributed by atoms with van der Waals surface area (Å²) in [5, 5.41) is 2.53. The Bertz CT molecular complexity index is 548. The summed E-state index contributed by atoms with van der Waals surface area (Å²) >= 11 is 0. The van der Waals surface area contributed by atoms with Crippen molar-refractivity contribution in [3.8, 4) is 0 Å². The lowest BCUT2D eigenvalue weighted by Crippen LogP contribution is -2.50. The number of nitrogens with two attached hydrogens (primary N) is 1. The predicted molar refractivity (Wildman–Crippen MR) is 77.4 cm³/mol. The van der Waals surface area contributed by atoms with Crippen molar-refractivity contribution in [3.05, 3.63) is 35.1 Å². The molecule has 114 valence electrons. The quantitative estimate of drug-likeness (QED) is 0.891. The molecule has 1 atom stereocenters. The summed E-state index contributed by atoms with van der Waals surface area (Å²) in [6.45, 7) is 2.68. The fourth-order valence-electron chi connectivity index (χ4n) is 2.66. The van der Waals surface area contributed by atoms with E-state index in [1.807, 2.05) is 6.92 Å². The molecule has 6 heteroatoms. The monoisotopic (exact) mass is 293 g/mol. The van der Waals surface area contributed by atoms with Crippen molar-refractivity contribution < 1.29 is 14.0 Å². The first-order valence-corrected chi connectivity index (χ1v) is 7.09. The van der Waals surface area contributed by atoms with Crippen molar-refractivity contribution in [2.45, 2.75) is 32.2 Å². The van der Waals surface area contributed by atoms with Gasteiger partial charge in [-0.3, -0.25) is 4.79 Å². The highest BCUT2D eigenvalue weighted by Gasteiger charge is 2.29. The molecule has 5 nitrogen and oxygen atoms in total. The molecule has 0 bridgehead atoms. The Hall–Kier alpha value is -2.11. The van der Waals surface area contributed by atoms with Crippen LogP contribution in [0.15, 0.2) is 18.2 Å². The van der Waals surface area contributed by atoms with Crippen LogP contribution in [0.5, 0.6) is 0 Å². The zero-order chi connectivity index (χ0) is 15.4. The molecule has 0 aromatic heterocycles. The minimum absolute atomic E-state index is 0.0842. The van der Waals surface area contributed by atoms with E-state index in [1.54, 1.807) is 17.0 Å². The van der Waals surface area contributed by atoms with Crippen LogP contribution in [-0.2, 0) is 0 Å². The fourth-order valence-corrected chi connectivity index (χ4v) is 2.66. The Labute approximate surface area is 123 Å². The molecule has 1 aliphatic heterocycles. The second-order valence-corrected chi connectivity index (χ2v) is 5.38. The van der Waals surface area contributed by atoms with Crippen LogP contribution in [0.1, 0.15) is 35.2 Å². The minimum atomic E-state index is -0.616. The van der Waals surface area contributed by atoms with Crippen LogP contribution < -0.4 is 11.1 Å². The largest absolute Gasteiger partial charge is 0.352 e. The maximum absolute atomic E-state index is 13.9. The topological polar surface area (TPSA) is 75.4 Å². The molecule has 1 fully saturated rings. The molecule has 0 radical (unpaired) electrons. The van der Waals surface area contributed by atoms with Gasteiger partial charge >= 0.3 is 6.03 Å². The van der Waals surface area contributed by atoms with Gasteiger partial charge in [0.05, 0.1) is 5.56 Å². The van der Waals surface area contributed by atoms with Crippen LogP contribution in [-0.4, -0.2) is 36.0 Å². The van der Waals surface area contributed by atoms with Gasteiger partial charge in [-0.25, -0.2) is 9.18 Å². The van der Waals surface area contributed by atoms with Crippen molar-refractivity contribution in [2.24, 2.45) is 5.73 Å². The van der Waals surface area contributed by atoms with E-state index in [9.17, 15) is 14.0 Å². The number of piperidine rings is 1. The Morgan fingerprint density at radius 3 is 2.90 bits per heavy atom. The number of urea groups is 1. The molecule has 0 saturated carbocycles. The summed E-state index contributed by atoms with van der Waals surface area (Å²) in [7, 11) is 0. The van der Waals surface area contributed by atoms with Gasteiger partial charge in [-0.2, -0.15) is 0 Å². The number of nitrogens with zero attached hydrogens (tertiary/aromatic N) is 1. The number of likely N-dealkylation sites (tertiary alicyclic amines) is 1. The zero-order valence-electron chi connectivity index (χ0n) is 12.1. The molecule has 0 unspecified atom stereocenters. The van der Waals surface area contributed by atoms with Crippen molar-refractivity contribution in [2.75, 3.05) is 13.1 Å². The number of benzene rings is 1. The standard InChI is InChI=1S/C15H20FN3O2/c1-10-5-6-13(16)12(8-10)14(20)19-7-3-2-4-11(19)9-18-15(17)21/h5-6,8,11H,2-4,7,9H2,1H3,(H3,17,18,21)/t11-/m1/s1. The first-order valence-electron chi connectivity index (χ1n) is 7.09. The van der Waals surface area contributed by atoms with E-state index >= 15 is 0 Å². The van der Waals surface area contributed by atoms with Gasteiger partial charge in [-0.15, -0.1) is 0 Å². The van der Waals surface area contributed by atoms with E-state index in [2.05, 4.69) is 5.32 Å². The van der Waals surface area contributed by atoms with Gasteiger partial charge in [0.2, 0.25) is 0 Å². The van der Waals surface area contributed by atoms with Crippen molar-refractivity contribution in [1.82, 2.24) is 10.2 Å². The number of hydrogen-bond donors (Lipinski definition) is 2. The lowest BCUT2D eigenvalue weighted by atomic mass is 10.00. The molecule has 1 aromatic carbocycles. The maximum Gasteiger partial charge on any atom is 0.312 e. The molecule has 0 spiro atoms. The van der Waals surface area contributed by atoms with Crippen LogP contribution in [0, 0.1) is 12.7 Å². The number of halogens is 1. The molecular weight excluding hydrogens is 273 g/mol. The van der Waals surface area contributed by atoms with Gasteiger partial charge in [-0.1, -0.05) is 11.6 Å². The number of nitrogens with one attached hydrogen (secondary N) is 1. The normalized spacial score (nSPS) is 18.4. The van der Waals surface area contributed by atoms with Crippen LogP contribution in [0.4, 0.5) is 9.18 Å². The molecule has 1 aromatic rings. The first-order chi connectivity index (χ1) is 9.99. The van der Waals surface area contributed by atoms with Gasteiger partial charge in [0.15, 0.2) is 0 Å². The SMILES string of the molecule is Cc1ccc(F)c(C(=O)N2CCCC[C@@H]2CNC(N)=O)c1. The summed E-state index contributed by atoms with van der Waals surface area (Å²) in [4.78, 5) is 25.0. The lowest BCUT2D eigenvalue weighted by molar-refractivity contribution is 0.0610. The maximum atomic E-state index is 13.9. The van der Waals surface area contributed by atoms with Gasteiger partial charge < -0.3 is 16.0 Å². The van der Waals surface area contributed by atoms with E-state index in [0.29, 0.717) is 13.1 Å². The number of primary amides is 1. The molecule has 1 aliphatic rings. The fraction of sp³-hybridized carbons (Fsp3) is 0.467. The third-order valence-corrected chi connectivity index (χ3v) is 3.75. The molecule has 0 aliphatic carbocycles. The zero-order valence-corrected chi connectivity index (χ0v) is 12.1. The molecule has 3 amide bonds. The molecule has 3 N–H and O–H groups in total. The van der Waals surface area contributed by atoms with Crippen molar-refractivity contribution in [3.63, 3.8) is 0 Å². The summed E-state index contributed by atoms with van der Waals surface area (Å²) in [6, 6.07) is 3.75. The Balaban J connectivity index is 2.18. The summed E-state index contributed by atoms with van der Waals surface area (Å²) in [5.74, 6) is -0.843. The molecular formula is C15H20FN3O2. The average molecular weight is 293 g/mol. The number of aryl methyl sites for hydroxylation is 1. The summed E-state index contributed by atoms with van der Waals surface area (Å²) in [5.41, 5.74) is 5.99. The minimum Gasteiger partial charge on any atom is -0.352 e. The number of hydrogen-bond acceptors (Lipinski definition) is 2. The predicted octanol–water partition coefficient (Wildman–Crippen LogP) is 1.80. The second kappa shape index (κ2) is 6.56. The van der Waals surface area contributed by atoms with Gasteiger partial charge in [-0.05, 0) is 38.3 Å². The smallest absolute Gasteiger partial charge is 0.312 e. The van der Waals surface area contributed by atoms with Crippen molar-refractivity contribution >= 4 is 11.9 Å². The Kier molecular flexibility index (Phi) is 4.77. The third-order valence-electron chi connectivity index (χ3n) is 3.75. The second-order valence-electron chi connectivity index (χ2n) is 5.38. The Morgan fingerprint density at radius 2 is 2.19 bits per heavy atom. The van der Waals surface area contributed by atoms with Gasteiger partial charge in [0, 0.05) is 19.1 Å². The van der Waals surface area contributed by atoms with E-state index in [1.165, 1.54) is 6.07 Å². The lowest BCUT2D eigenvalue weighted by Gasteiger charge is -2.36.